The SMILES string of the molecule is CC(C)(O)c1cc2nc(C3CCN(Cc4cncc(N5CCC(=O)NC5=O)c4)CC3)sc2cc1NC(=O)c1cccc(C(F)(F)F)n1. The smallest absolute Gasteiger partial charge is 0.386 e. The van der Waals surface area contributed by atoms with E-state index in [-0.39, 0.29) is 23.9 Å². The number of aromatic nitrogens is 3. The van der Waals surface area contributed by atoms with E-state index in [4.69, 9.17) is 4.98 Å². The topological polar surface area (TPSA) is 141 Å². The maximum Gasteiger partial charge on any atom is 0.433 e. The molecule has 2 aliphatic heterocycles. The van der Waals surface area contributed by atoms with Crippen LogP contribution < -0.4 is 15.5 Å². The standard InChI is InChI=1S/C32H32F3N7O4S/c1-31(2,46)21-13-24-25(14-23(21)38-28(44)22-4-3-5-26(37-22)32(33,34)35)47-29(39-24)19-6-9-41(10-7-19)17-18-12-20(16-36-15-18)42-11-8-27(43)40-30(42)45/h3-5,12-16,19,46H,6-11,17H2,1-2H3,(H,38,44)(H,40,43,45). The van der Waals surface area contributed by atoms with Crippen LogP contribution in [-0.2, 0) is 23.1 Å². The lowest BCUT2D eigenvalue weighted by molar-refractivity contribution is -0.141. The fourth-order valence-electron chi connectivity index (χ4n) is 5.80. The molecule has 0 radical (unpaired) electrons. The fourth-order valence-corrected chi connectivity index (χ4v) is 6.95. The zero-order valence-corrected chi connectivity index (χ0v) is 26.4. The second kappa shape index (κ2) is 12.6. The van der Waals surface area contributed by atoms with Gasteiger partial charge in [0.25, 0.3) is 5.91 Å². The van der Waals surface area contributed by atoms with E-state index in [1.54, 1.807) is 38.4 Å². The van der Waals surface area contributed by atoms with E-state index >= 15 is 0 Å². The highest BCUT2D eigenvalue weighted by molar-refractivity contribution is 7.18. The lowest BCUT2D eigenvalue weighted by atomic mass is 9.95. The highest BCUT2D eigenvalue weighted by Crippen LogP contribution is 2.39. The van der Waals surface area contributed by atoms with Gasteiger partial charge in [0.2, 0.25) is 5.91 Å². The van der Waals surface area contributed by atoms with Gasteiger partial charge in [-0.15, -0.1) is 11.3 Å². The largest absolute Gasteiger partial charge is 0.433 e. The van der Waals surface area contributed by atoms with Crippen molar-refractivity contribution in [2.45, 2.75) is 57.3 Å². The van der Waals surface area contributed by atoms with Crippen molar-refractivity contribution < 1.29 is 32.7 Å². The van der Waals surface area contributed by atoms with E-state index in [0.717, 1.165) is 53.3 Å². The molecule has 2 aliphatic rings. The minimum absolute atomic E-state index is 0.195. The zero-order chi connectivity index (χ0) is 33.5. The number of nitrogens with zero attached hydrogens (tertiary/aromatic N) is 5. The molecule has 11 nitrogen and oxygen atoms in total. The predicted molar refractivity (Wildman–Crippen MR) is 169 cm³/mol. The van der Waals surface area contributed by atoms with Crippen LogP contribution in [0.5, 0.6) is 0 Å². The van der Waals surface area contributed by atoms with Gasteiger partial charge >= 0.3 is 12.2 Å². The van der Waals surface area contributed by atoms with Gasteiger partial charge in [0, 0.05) is 42.9 Å². The summed E-state index contributed by atoms with van der Waals surface area (Å²) in [5.74, 6) is -0.920. The monoisotopic (exact) mass is 667 g/mol. The van der Waals surface area contributed by atoms with Crippen LogP contribution in [0.1, 0.15) is 71.3 Å². The first kappa shape index (κ1) is 32.5. The Morgan fingerprint density at radius 1 is 1.09 bits per heavy atom. The maximum absolute atomic E-state index is 13.2. The third-order valence-corrected chi connectivity index (χ3v) is 9.39. The molecule has 0 bridgehead atoms. The fraction of sp³-hybridized carbons (Fsp3) is 0.375. The number of alkyl halides is 3. The normalized spacial score (nSPS) is 16.9. The Morgan fingerprint density at radius 3 is 2.55 bits per heavy atom. The molecule has 0 spiro atoms. The second-order valence-corrected chi connectivity index (χ2v) is 13.3. The molecule has 2 fully saturated rings. The molecule has 0 aliphatic carbocycles. The molecule has 4 aromatic rings. The molecule has 0 unspecified atom stereocenters. The van der Waals surface area contributed by atoms with Crippen molar-refractivity contribution in [2.75, 3.05) is 29.9 Å². The van der Waals surface area contributed by atoms with E-state index in [1.807, 2.05) is 6.07 Å². The number of nitrogens with one attached hydrogen (secondary N) is 2. The summed E-state index contributed by atoms with van der Waals surface area (Å²) in [6, 6.07) is 8.00. The molecule has 15 heteroatoms. The first-order chi connectivity index (χ1) is 22.2. The van der Waals surface area contributed by atoms with Crippen LogP contribution in [0.25, 0.3) is 10.2 Å². The number of anilines is 2. The average Bonchev–Trinajstić information content (AvgIpc) is 3.43. The quantitative estimate of drug-likeness (QED) is 0.238. The van der Waals surface area contributed by atoms with Crippen LogP contribution in [0.15, 0.2) is 48.8 Å². The molecule has 3 N–H and O–H groups in total. The summed E-state index contributed by atoms with van der Waals surface area (Å²) in [7, 11) is 0. The van der Waals surface area contributed by atoms with E-state index < -0.39 is 35.1 Å². The van der Waals surface area contributed by atoms with Crippen LogP contribution in [0.3, 0.4) is 0 Å². The van der Waals surface area contributed by atoms with Gasteiger partial charge in [-0.3, -0.25) is 29.7 Å². The predicted octanol–water partition coefficient (Wildman–Crippen LogP) is 5.41. The highest BCUT2D eigenvalue weighted by atomic mass is 32.1. The number of urea groups is 1. The third kappa shape index (κ3) is 7.26. The van der Waals surface area contributed by atoms with Crippen LogP contribution in [0, 0.1) is 0 Å². The van der Waals surface area contributed by atoms with Gasteiger partial charge in [0.1, 0.15) is 11.4 Å². The maximum atomic E-state index is 13.2. The summed E-state index contributed by atoms with van der Waals surface area (Å²) in [4.78, 5) is 53.2. The lowest BCUT2D eigenvalue weighted by Crippen LogP contribution is -2.49. The number of aliphatic hydroxyl groups is 1. The number of hydrogen-bond donors (Lipinski definition) is 3. The van der Waals surface area contributed by atoms with Gasteiger partial charge in [-0.05, 0) is 75.7 Å². The zero-order valence-electron chi connectivity index (χ0n) is 25.6. The number of imide groups is 1. The Bertz CT molecular complexity index is 1850. The van der Waals surface area contributed by atoms with E-state index in [2.05, 4.69) is 25.5 Å². The number of fused-ring (bicyclic) bond motifs is 1. The van der Waals surface area contributed by atoms with E-state index in [1.165, 1.54) is 22.3 Å². The Labute approximate surface area is 271 Å². The third-order valence-electron chi connectivity index (χ3n) is 8.21. The van der Waals surface area contributed by atoms with E-state index in [9.17, 15) is 32.7 Å². The number of carbonyl (C=O) groups is 3. The van der Waals surface area contributed by atoms with Gasteiger partial charge < -0.3 is 10.4 Å². The summed E-state index contributed by atoms with van der Waals surface area (Å²) in [6.07, 6.45) is 0.637. The van der Waals surface area contributed by atoms with Crippen LogP contribution in [-0.4, -0.2) is 62.4 Å². The number of rotatable bonds is 7. The van der Waals surface area contributed by atoms with E-state index in [0.29, 0.717) is 29.9 Å². The van der Waals surface area contributed by atoms with Gasteiger partial charge in [-0.2, -0.15) is 13.2 Å². The second-order valence-electron chi connectivity index (χ2n) is 12.2. The molecule has 4 amide bonds. The number of halogens is 3. The van der Waals surface area contributed by atoms with Crippen LogP contribution in [0.2, 0.25) is 0 Å². The number of carbonyl (C=O) groups excluding carboxylic acids is 3. The molecule has 2 saturated heterocycles. The van der Waals surface area contributed by atoms with Crippen LogP contribution in [0.4, 0.5) is 29.3 Å². The molecule has 6 rings (SSSR count). The van der Waals surface area contributed by atoms with Crippen molar-refractivity contribution in [3.05, 3.63) is 76.3 Å². The van der Waals surface area contributed by atoms with Crippen LogP contribution >= 0.6 is 11.3 Å². The molecule has 5 heterocycles. The molecule has 47 heavy (non-hydrogen) atoms. The molecule has 3 aromatic heterocycles. The number of hydrogen-bond acceptors (Lipinski definition) is 9. The summed E-state index contributed by atoms with van der Waals surface area (Å²) in [5, 5.41) is 16.8. The van der Waals surface area contributed by atoms with Gasteiger partial charge in [0.15, 0.2) is 0 Å². The number of thiazole rings is 1. The highest BCUT2D eigenvalue weighted by Gasteiger charge is 2.33. The van der Waals surface area contributed by atoms with Gasteiger partial charge in [0.05, 0.1) is 32.7 Å². The Balaban J connectivity index is 1.15. The first-order valence-corrected chi connectivity index (χ1v) is 15.9. The molecular formula is C32H32F3N7O4S. The number of pyridine rings is 2. The number of piperidine rings is 1. The summed E-state index contributed by atoms with van der Waals surface area (Å²) >= 11 is 1.49. The molecule has 0 atom stereocenters. The molecule has 1 aromatic carbocycles. The number of benzene rings is 1. The summed E-state index contributed by atoms with van der Waals surface area (Å²) in [5.41, 5.74) is -0.0414. The summed E-state index contributed by atoms with van der Waals surface area (Å²) < 4.78 is 40.3. The number of likely N-dealkylation sites (tertiary alicyclic amines) is 1. The van der Waals surface area contributed by atoms with Crippen molar-refractivity contribution in [2.24, 2.45) is 0 Å². The van der Waals surface area contributed by atoms with Crippen molar-refractivity contribution in [3.8, 4) is 0 Å². The van der Waals surface area contributed by atoms with Gasteiger partial charge in [-0.25, -0.2) is 14.8 Å². The van der Waals surface area contributed by atoms with Crippen molar-refractivity contribution in [1.29, 1.82) is 0 Å². The Morgan fingerprint density at radius 2 is 1.85 bits per heavy atom. The number of amides is 4. The molecule has 0 saturated carbocycles. The molecule has 246 valence electrons. The first-order valence-electron chi connectivity index (χ1n) is 15.0. The van der Waals surface area contributed by atoms with Gasteiger partial charge in [-0.1, -0.05) is 6.07 Å². The minimum atomic E-state index is -4.69. The Hall–Kier alpha value is -4.47. The average molecular weight is 668 g/mol. The lowest BCUT2D eigenvalue weighted by Gasteiger charge is -2.31. The van der Waals surface area contributed by atoms with Crippen molar-refractivity contribution in [1.82, 2.24) is 25.2 Å². The summed E-state index contributed by atoms with van der Waals surface area (Å²) in [6.45, 7) is 5.70. The minimum Gasteiger partial charge on any atom is -0.386 e. The van der Waals surface area contributed by atoms with Crippen molar-refractivity contribution in [3.63, 3.8) is 0 Å². The molecular weight excluding hydrogens is 635 g/mol. The van der Waals surface area contributed by atoms with Crippen molar-refractivity contribution >= 4 is 50.8 Å². The Kier molecular flexibility index (Phi) is 8.72.